The van der Waals surface area contributed by atoms with Crippen LogP contribution in [0.25, 0.3) is 0 Å². The molecule has 0 aromatic rings. The highest BCUT2D eigenvalue weighted by Gasteiger charge is 2.28. The van der Waals surface area contributed by atoms with Crippen LogP contribution in [0.15, 0.2) is 4.99 Å². The molecular weight excluding hydrogens is 146 g/mol. The maximum Gasteiger partial charge on any atom is 0.302 e. The minimum absolute atomic E-state index is 0.284. The Morgan fingerprint density at radius 2 is 2.64 bits per heavy atom. The third kappa shape index (κ3) is 2.22. The first kappa shape index (κ1) is 8.04. The van der Waals surface area contributed by atoms with Crippen LogP contribution >= 0.6 is 0 Å². The highest BCUT2D eigenvalue weighted by molar-refractivity contribution is 5.66. The second kappa shape index (κ2) is 2.90. The largest absolute Gasteiger partial charge is 0.481 e. The van der Waals surface area contributed by atoms with Gasteiger partial charge >= 0.3 is 5.97 Å². The molecule has 1 heterocycles. The Morgan fingerprint density at radius 3 is 3.09 bits per heavy atom. The number of carbonyl (C=O) groups is 1. The Balaban J connectivity index is 2.35. The Bertz CT molecular complexity index is 190. The zero-order valence-electron chi connectivity index (χ0n) is 6.66. The van der Waals surface area contributed by atoms with Gasteiger partial charge in [0.1, 0.15) is 18.8 Å². The Hall–Kier alpha value is -1.06. The van der Waals surface area contributed by atoms with Gasteiger partial charge in [0, 0.05) is 6.92 Å². The summed E-state index contributed by atoms with van der Waals surface area (Å²) in [5.74, 6) is -0.284. The van der Waals surface area contributed by atoms with Gasteiger partial charge in [0.2, 0.25) is 0 Å². The first-order valence-corrected chi connectivity index (χ1v) is 3.41. The van der Waals surface area contributed by atoms with E-state index in [2.05, 4.69) is 4.99 Å². The predicted octanol–water partition coefficient (Wildman–Crippen LogP) is 0.367. The van der Waals surface area contributed by atoms with Gasteiger partial charge in [-0.2, -0.15) is 0 Å². The van der Waals surface area contributed by atoms with Gasteiger partial charge in [-0.3, -0.25) is 4.79 Å². The summed E-state index contributed by atoms with van der Waals surface area (Å²) in [7, 11) is 0. The second-order valence-electron chi connectivity index (χ2n) is 2.82. The van der Waals surface area contributed by atoms with E-state index in [9.17, 15) is 4.79 Å². The number of ether oxygens (including phenoxy) is 2. The van der Waals surface area contributed by atoms with Crippen LogP contribution in [-0.2, 0) is 14.3 Å². The summed E-state index contributed by atoms with van der Waals surface area (Å²) in [6.45, 7) is 4.03. The summed E-state index contributed by atoms with van der Waals surface area (Å²) in [6, 6.07) is 0. The second-order valence-corrected chi connectivity index (χ2v) is 2.82. The molecule has 1 rings (SSSR count). The molecule has 1 aliphatic rings. The van der Waals surface area contributed by atoms with Crippen molar-refractivity contribution in [2.24, 2.45) is 4.99 Å². The quantitative estimate of drug-likeness (QED) is 0.544. The summed E-state index contributed by atoms with van der Waals surface area (Å²) in [4.78, 5) is 14.4. The maximum atomic E-state index is 10.4. The van der Waals surface area contributed by atoms with Gasteiger partial charge in [0.05, 0.1) is 0 Å². The molecule has 0 aliphatic carbocycles. The van der Waals surface area contributed by atoms with Gasteiger partial charge in [0.25, 0.3) is 0 Å². The summed E-state index contributed by atoms with van der Waals surface area (Å²) in [6.07, 6.45) is 1.39. The van der Waals surface area contributed by atoms with E-state index in [1.807, 2.05) is 6.92 Å². The number of hydrogen-bond donors (Lipinski definition) is 0. The molecular formula is C7H11NO3. The molecule has 1 unspecified atom stereocenters. The van der Waals surface area contributed by atoms with Crippen molar-refractivity contribution in [1.29, 1.82) is 0 Å². The van der Waals surface area contributed by atoms with E-state index in [1.54, 1.807) is 0 Å². The fraction of sp³-hybridized carbons (Fsp3) is 0.714. The van der Waals surface area contributed by atoms with Crippen molar-refractivity contribution in [2.45, 2.75) is 19.4 Å². The van der Waals surface area contributed by atoms with Crippen LogP contribution < -0.4 is 0 Å². The lowest BCUT2D eigenvalue weighted by atomic mass is 10.1. The molecule has 62 valence electrons. The van der Waals surface area contributed by atoms with E-state index in [4.69, 9.17) is 9.47 Å². The first-order chi connectivity index (χ1) is 5.12. The molecule has 0 N–H and O–H groups in total. The Morgan fingerprint density at radius 1 is 1.91 bits per heavy atom. The summed E-state index contributed by atoms with van der Waals surface area (Å²) < 4.78 is 9.71. The first-order valence-electron chi connectivity index (χ1n) is 3.41. The fourth-order valence-corrected chi connectivity index (χ4v) is 0.755. The van der Waals surface area contributed by atoms with E-state index in [0.29, 0.717) is 13.2 Å². The lowest BCUT2D eigenvalue weighted by Gasteiger charge is -2.16. The SMILES string of the molecule is CC(=O)OCC1(C)COC=N1. The van der Waals surface area contributed by atoms with Gasteiger partial charge in [-0.05, 0) is 6.92 Å². The molecule has 0 bridgehead atoms. The van der Waals surface area contributed by atoms with Crippen molar-refractivity contribution in [1.82, 2.24) is 0 Å². The van der Waals surface area contributed by atoms with Crippen LogP contribution in [0.2, 0.25) is 0 Å². The monoisotopic (exact) mass is 157 g/mol. The lowest BCUT2D eigenvalue weighted by molar-refractivity contribution is -0.142. The molecule has 0 saturated carbocycles. The van der Waals surface area contributed by atoms with E-state index < -0.39 is 0 Å². The van der Waals surface area contributed by atoms with Crippen molar-refractivity contribution < 1.29 is 14.3 Å². The molecule has 0 aromatic heterocycles. The van der Waals surface area contributed by atoms with Crippen molar-refractivity contribution in [3.63, 3.8) is 0 Å². The average Bonchev–Trinajstić information content (AvgIpc) is 2.33. The smallest absolute Gasteiger partial charge is 0.302 e. The number of aliphatic imine (C=N–C) groups is 1. The highest BCUT2D eigenvalue weighted by Crippen LogP contribution is 2.15. The topological polar surface area (TPSA) is 47.9 Å². The highest BCUT2D eigenvalue weighted by atomic mass is 16.5. The van der Waals surface area contributed by atoms with Gasteiger partial charge < -0.3 is 9.47 Å². The zero-order valence-corrected chi connectivity index (χ0v) is 6.66. The molecule has 0 saturated heterocycles. The number of nitrogens with zero attached hydrogens (tertiary/aromatic N) is 1. The Kier molecular flexibility index (Phi) is 2.12. The minimum Gasteiger partial charge on any atom is -0.481 e. The van der Waals surface area contributed by atoms with Crippen LogP contribution in [0.3, 0.4) is 0 Å². The number of carbonyl (C=O) groups excluding carboxylic acids is 1. The zero-order chi connectivity index (χ0) is 8.32. The molecule has 0 spiro atoms. The van der Waals surface area contributed by atoms with Gasteiger partial charge in [0.15, 0.2) is 6.40 Å². The molecule has 0 fully saturated rings. The summed E-state index contributed by atoms with van der Waals surface area (Å²) >= 11 is 0. The third-order valence-corrected chi connectivity index (χ3v) is 1.42. The summed E-state index contributed by atoms with van der Waals surface area (Å²) in [5, 5.41) is 0. The molecule has 4 nitrogen and oxygen atoms in total. The normalized spacial score (nSPS) is 28.2. The maximum absolute atomic E-state index is 10.4. The van der Waals surface area contributed by atoms with Crippen molar-refractivity contribution in [3.8, 4) is 0 Å². The Labute approximate surface area is 65.2 Å². The molecule has 0 radical (unpaired) electrons. The average molecular weight is 157 g/mol. The molecule has 1 atom stereocenters. The molecule has 0 amide bonds. The predicted molar refractivity (Wildman–Crippen MR) is 39.5 cm³/mol. The number of rotatable bonds is 2. The van der Waals surface area contributed by atoms with Crippen LogP contribution in [0.1, 0.15) is 13.8 Å². The molecule has 1 aliphatic heterocycles. The van der Waals surface area contributed by atoms with Crippen molar-refractivity contribution >= 4 is 12.4 Å². The van der Waals surface area contributed by atoms with Crippen LogP contribution in [0, 0.1) is 0 Å². The standard InChI is InChI=1S/C7H11NO3/c1-6(9)11-4-7(2)3-10-5-8-7/h5H,3-4H2,1-2H3. The molecule has 0 aromatic carbocycles. The van der Waals surface area contributed by atoms with E-state index >= 15 is 0 Å². The molecule has 4 heteroatoms. The minimum atomic E-state index is -0.369. The number of esters is 1. The van der Waals surface area contributed by atoms with Gasteiger partial charge in [-0.1, -0.05) is 0 Å². The molecule has 11 heavy (non-hydrogen) atoms. The van der Waals surface area contributed by atoms with Crippen LogP contribution in [0.5, 0.6) is 0 Å². The third-order valence-electron chi connectivity index (χ3n) is 1.42. The van der Waals surface area contributed by atoms with E-state index in [1.165, 1.54) is 13.3 Å². The van der Waals surface area contributed by atoms with Crippen LogP contribution in [0.4, 0.5) is 0 Å². The van der Waals surface area contributed by atoms with Crippen molar-refractivity contribution in [2.75, 3.05) is 13.2 Å². The van der Waals surface area contributed by atoms with Crippen LogP contribution in [-0.4, -0.2) is 31.1 Å². The number of hydrogen-bond acceptors (Lipinski definition) is 4. The van der Waals surface area contributed by atoms with Gasteiger partial charge in [-0.25, -0.2) is 4.99 Å². The van der Waals surface area contributed by atoms with E-state index in [-0.39, 0.29) is 11.5 Å². The summed E-state index contributed by atoms with van der Waals surface area (Å²) in [5.41, 5.74) is -0.369. The lowest BCUT2D eigenvalue weighted by Crippen LogP contribution is -2.31. The fourth-order valence-electron chi connectivity index (χ4n) is 0.755. The van der Waals surface area contributed by atoms with Gasteiger partial charge in [-0.15, -0.1) is 0 Å². The van der Waals surface area contributed by atoms with Crippen molar-refractivity contribution in [3.05, 3.63) is 0 Å². The van der Waals surface area contributed by atoms with E-state index in [0.717, 1.165) is 0 Å².